The molecule has 0 bridgehead atoms. The number of hydrogen-bond acceptors (Lipinski definition) is 7. The van der Waals surface area contributed by atoms with Gasteiger partial charge in [0, 0.05) is 34.2 Å². The van der Waals surface area contributed by atoms with Crippen LogP contribution in [0.15, 0.2) is 77.7 Å². The Labute approximate surface area is 232 Å². The topological polar surface area (TPSA) is 114 Å². The van der Waals surface area contributed by atoms with E-state index in [1.54, 1.807) is 31.0 Å². The lowest BCUT2D eigenvalue weighted by Gasteiger charge is -2.41. The fourth-order valence-corrected chi connectivity index (χ4v) is 5.58. The number of aliphatic carboxylic acids is 1. The highest BCUT2D eigenvalue weighted by Gasteiger charge is 2.38. The number of hydrogen-bond donors (Lipinski definition) is 3. The van der Waals surface area contributed by atoms with E-state index in [9.17, 15) is 14.7 Å². The Morgan fingerprint density at radius 1 is 0.949 bits per heavy atom. The summed E-state index contributed by atoms with van der Waals surface area (Å²) < 4.78 is 18.5. The van der Waals surface area contributed by atoms with E-state index in [2.05, 4.69) is 12.2 Å². The van der Waals surface area contributed by atoms with Crippen LogP contribution in [0.1, 0.15) is 48.8 Å². The van der Waals surface area contributed by atoms with Gasteiger partial charge in [-0.15, -0.1) is 11.8 Å². The number of anilines is 1. The van der Waals surface area contributed by atoms with Gasteiger partial charge in [-0.25, -0.2) is 0 Å². The molecule has 4 atom stereocenters. The third-order valence-electron chi connectivity index (χ3n) is 6.63. The number of thioether (sulfide) groups is 1. The lowest BCUT2D eigenvalue weighted by molar-refractivity contribution is -0.268. The standard InChI is InChI=1S/C30H33NO7S/c1-19-25(18-39-26-6-4-3-5-24(26)36-2)37-30(38-29(19)21-9-7-20(17-32)8-10-21)22-11-13-23(14-12-22)31-27(33)15-16-28(34)35/h3-14,19,25,29-30,32H,15-18H2,1-2H3,(H,31,33)(H,34,35)/t19-,25+,29+,30+/m1/s1. The number of carboxylic acid groups (broad SMARTS) is 1. The predicted molar refractivity (Wildman–Crippen MR) is 149 cm³/mol. The molecule has 9 heteroatoms. The lowest BCUT2D eigenvalue weighted by atomic mass is 9.91. The lowest BCUT2D eigenvalue weighted by Crippen LogP contribution is -2.38. The molecule has 1 aliphatic heterocycles. The first-order chi connectivity index (χ1) is 18.9. The number of aliphatic hydroxyl groups excluding tert-OH is 1. The van der Waals surface area contributed by atoms with E-state index in [1.165, 1.54) is 0 Å². The second-order valence-electron chi connectivity index (χ2n) is 9.35. The van der Waals surface area contributed by atoms with Crippen molar-refractivity contribution in [3.05, 3.63) is 89.5 Å². The molecule has 0 spiro atoms. The summed E-state index contributed by atoms with van der Waals surface area (Å²) in [5.74, 6) is 0.168. The van der Waals surface area contributed by atoms with Gasteiger partial charge in [0.25, 0.3) is 0 Å². The van der Waals surface area contributed by atoms with E-state index in [4.69, 9.17) is 19.3 Å². The summed E-state index contributed by atoms with van der Waals surface area (Å²) in [5, 5.41) is 21.0. The molecule has 1 saturated heterocycles. The molecule has 0 saturated carbocycles. The third kappa shape index (κ3) is 7.60. The number of aliphatic hydroxyl groups is 1. The Hall–Kier alpha value is -3.37. The maximum Gasteiger partial charge on any atom is 0.303 e. The van der Waals surface area contributed by atoms with Gasteiger partial charge in [0.2, 0.25) is 5.91 Å². The molecule has 0 aliphatic carbocycles. The van der Waals surface area contributed by atoms with Crippen molar-refractivity contribution in [2.75, 3.05) is 18.2 Å². The molecule has 4 rings (SSSR count). The number of methoxy groups -OCH3 is 1. The number of nitrogens with one attached hydrogen (secondary N) is 1. The summed E-state index contributed by atoms with van der Waals surface area (Å²) in [7, 11) is 1.66. The first-order valence-electron chi connectivity index (χ1n) is 12.8. The van der Waals surface area contributed by atoms with Gasteiger partial charge < -0.3 is 29.7 Å². The molecule has 1 amide bonds. The van der Waals surface area contributed by atoms with Crippen molar-refractivity contribution < 1.29 is 34.0 Å². The zero-order valence-corrected chi connectivity index (χ0v) is 22.7. The maximum atomic E-state index is 12.0. The third-order valence-corrected chi connectivity index (χ3v) is 7.77. The normalized spacial score (nSPS) is 20.8. The number of carboxylic acids is 1. The SMILES string of the molecule is COc1ccccc1SC[C@@H]1O[C@H](c2ccc(NC(=O)CCC(=O)O)cc2)O[C@H](c2ccc(CO)cc2)[C@@H]1C. The number of carbonyl (C=O) groups excluding carboxylic acids is 1. The molecule has 0 radical (unpaired) electrons. The van der Waals surface area contributed by atoms with Crippen molar-refractivity contribution in [1.29, 1.82) is 0 Å². The van der Waals surface area contributed by atoms with Crippen LogP contribution in [0.2, 0.25) is 0 Å². The summed E-state index contributed by atoms with van der Waals surface area (Å²) in [5.41, 5.74) is 3.20. The van der Waals surface area contributed by atoms with Crippen LogP contribution in [0.3, 0.4) is 0 Å². The van der Waals surface area contributed by atoms with Gasteiger partial charge in [-0.3, -0.25) is 9.59 Å². The molecule has 1 aliphatic rings. The maximum absolute atomic E-state index is 12.0. The molecule has 3 aromatic rings. The van der Waals surface area contributed by atoms with E-state index in [0.717, 1.165) is 27.3 Å². The van der Waals surface area contributed by atoms with Crippen LogP contribution in [0.5, 0.6) is 5.75 Å². The smallest absolute Gasteiger partial charge is 0.303 e. The van der Waals surface area contributed by atoms with Gasteiger partial charge in [-0.05, 0) is 35.4 Å². The van der Waals surface area contributed by atoms with Crippen LogP contribution in [-0.2, 0) is 25.7 Å². The first kappa shape index (κ1) is 28.6. The molecule has 0 unspecified atom stereocenters. The van der Waals surface area contributed by atoms with Gasteiger partial charge in [0.15, 0.2) is 6.29 Å². The van der Waals surface area contributed by atoms with E-state index in [1.807, 2.05) is 60.7 Å². The van der Waals surface area contributed by atoms with Crippen LogP contribution < -0.4 is 10.1 Å². The Bertz CT molecular complexity index is 1250. The highest BCUT2D eigenvalue weighted by atomic mass is 32.2. The molecular weight excluding hydrogens is 518 g/mol. The fraction of sp³-hybridized carbons (Fsp3) is 0.333. The highest BCUT2D eigenvalue weighted by Crippen LogP contribution is 2.43. The molecule has 39 heavy (non-hydrogen) atoms. The van der Waals surface area contributed by atoms with Crippen LogP contribution in [0.25, 0.3) is 0 Å². The molecule has 0 aromatic heterocycles. The van der Waals surface area contributed by atoms with Crippen molar-refractivity contribution in [2.24, 2.45) is 5.92 Å². The number of para-hydroxylation sites is 1. The highest BCUT2D eigenvalue weighted by molar-refractivity contribution is 7.99. The zero-order valence-electron chi connectivity index (χ0n) is 21.9. The monoisotopic (exact) mass is 551 g/mol. The molecule has 3 N–H and O–H groups in total. The largest absolute Gasteiger partial charge is 0.496 e. The van der Waals surface area contributed by atoms with E-state index in [0.29, 0.717) is 11.4 Å². The predicted octanol–water partition coefficient (Wildman–Crippen LogP) is 5.57. The van der Waals surface area contributed by atoms with Gasteiger partial charge in [0.1, 0.15) is 5.75 Å². The van der Waals surface area contributed by atoms with Crippen LogP contribution in [0, 0.1) is 5.92 Å². The second-order valence-corrected chi connectivity index (χ2v) is 10.4. The van der Waals surface area contributed by atoms with Crippen LogP contribution in [0.4, 0.5) is 5.69 Å². The van der Waals surface area contributed by atoms with E-state index in [-0.39, 0.29) is 43.5 Å². The van der Waals surface area contributed by atoms with Gasteiger partial charge in [-0.2, -0.15) is 0 Å². The van der Waals surface area contributed by atoms with Crippen molar-refractivity contribution in [2.45, 2.75) is 49.8 Å². The van der Waals surface area contributed by atoms with Crippen molar-refractivity contribution in [3.8, 4) is 5.75 Å². The Morgan fingerprint density at radius 3 is 2.31 bits per heavy atom. The molecule has 206 valence electrons. The quantitative estimate of drug-likeness (QED) is 0.265. The molecule has 3 aromatic carbocycles. The van der Waals surface area contributed by atoms with Crippen LogP contribution >= 0.6 is 11.8 Å². The summed E-state index contributed by atoms with van der Waals surface area (Å²) >= 11 is 1.67. The average molecular weight is 552 g/mol. The number of ether oxygens (including phenoxy) is 3. The molecule has 1 heterocycles. The number of carbonyl (C=O) groups is 2. The average Bonchev–Trinajstić information content (AvgIpc) is 2.96. The number of amides is 1. The molecule has 8 nitrogen and oxygen atoms in total. The van der Waals surface area contributed by atoms with E-state index < -0.39 is 12.3 Å². The Kier molecular flexibility index (Phi) is 10.00. The minimum absolute atomic E-state index is 0.0234. The molecular formula is C30H33NO7S. The summed E-state index contributed by atoms with van der Waals surface area (Å²) in [6.45, 7) is 2.09. The van der Waals surface area contributed by atoms with E-state index >= 15 is 0 Å². The zero-order chi connectivity index (χ0) is 27.8. The van der Waals surface area contributed by atoms with Crippen molar-refractivity contribution in [3.63, 3.8) is 0 Å². The number of benzene rings is 3. The van der Waals surface area contributed by atoms with Gasteiger partial charge in [0.05, 0.1) is 32.3 Å². The van der Waals surface area contributed by atoms with Gasteiger partial charge >= 0.3 is 5.97 Å². The minimum atomic E-state index is -1.01. The number of rotatable bonds is 11. The van der Waals surface area contributed by atoms with Crippen molar-refractivity contribution >= 4 is 29.3 Å². The van der Waals surface area contributed by atoms with Crippen LogP contribution in [-0.4, -0.2) is 41.1 Å². The van der Waals surface area contributed by atoms with Crippen molar-refractivity contribution in [1.82, 2.24) is 0 Å². The Balaban J connectivity index is 1.52. The summed E-state index contributed by atoms with van der Waals surface area (Å²) in [4.78, 5) is 23.8. The second kappa shape index (κ2) is 13.6. The minimum Gasteiger partial charge on any atom is -0.496 e. The Morgan fingerprint density at radius 2 is 1.64 bits per heavy atom. The summed E-state index contributed by atoms with van der Waals surface area (Å²) in [6.07, 6.45) is -1.33. The fourth-order valence-electron chi connectivity index (χ4n) is 4.39. The first-order valence-corrected chi connectivity index (χ1v) is 13.7. The summed E-state index contributed by atoms with van der Waals surface area (Å²) in [6, 6.07) is 22.8. The molecule has 1 fully saturated rings. The van der Waals surface area contributed by atoms with Gasteiger partial charge in [-0.1, -0.05) is 55.5 Å².